The Morgan fingerprint density at radius 1 is 1.17 bits per heavy atom. The predicted molar refractivity (Wildman–Crippen MR) is 69.0 cm³/mol. The lowest BCUT2D eigenvalue weighted by Gasteiger charge is -2.10. The van der Waals surface area contributed by atoms with Crippen LogP contribution in [0.15, 0.2) is 54.6 Å². The molecule has 2 aromatic rings. The first kappa shape index (κ1) is 10.8. The first-order chi connectivity index (χ1) is 9.20. The number of aliphatic carboxylic acids is 1. The molecule has 2 rings (SSSR count). The van der Waals surface area contributed by atoms with E-state index in [1.54, 1.807) is 25.1 Å². The minimum Gasteiger partial charge on any atom is -0.481 e. The van der Waals surface area contributed by atoms with Crippen LogP contribution in [-0.2, 0) is 4.79 Å². The van der Waals surface area contributed by atoms with Gasteiger partial charge in [0, 0.05) is 0 Å². The van der Waals surface area contributed by atoms with Gasteiger partial charge in [-0.1, -0.05) is 30.3 Å². The van der Waals surface area contributed by atoms with Crippen LogP contribution in [-0.4, -0.2) is 11.1 Å². The zero-order chi connectivity index (χ0) is 13.7. The highest BCUT2D eigenvalue weighted by Crippen LogP contribution is 2.25. The SMILES string of the molecule is [2H]OC(=O)C(C)c1cccc(Oc2ccccc2)c1. The number of para-hydroxylation sites is 1. The Kier molecular flexibility index (Phi) is 3.23. The predicted octanol–water partition coefficient (Wildman–Crippen LogP) is 3.67. The molecule has 0 bridgehead atoms. The van der Waals surface area contributed by atoms with Crippen molar-refractivity contribution < 1.29 is 14.6 Å². The van der Waals surface area contributed by atoms with Gasteiger partial charge in [0.15, 0.2) is 0 Å². The van der Waals surface area contributed by atoms with Gasteiger partial charge in [-0.3, -0.25) is 4.79 Å². The summed E-state index contributed by atoms with van der Waals surface area (Å²) in [4.78, 5) is 11.3. The van der Waals surface area contributed by atoms with Crippen LogP contribution in [0, 0.1) is 0 Å². The topological polar surface area (TPSA) is 46.5 Å². The summed E-state index contributed by atoms with van der Waals surface area (Å²) in [5.41, 5.74) is 0.755. The van der Waals surface area contributed by atoms with Gasteiger partial charge in [-0.05, 0) is 36.8 Å². The van der Waals surface area contributed by atoms with Gasteiger partial charge < -0.3 is 9.85 Å². The van der Waals surface area contributed by atoms with Crippen molar-refractivity contribution in [2.75, 3.05) is 0 Å². The van der Waals surface area contributed by atoms with E-state index < -0.39 is 11.9 Å². The molecule has 3 nitrogen and oxygen atoms in total. The third kappa shape index (κ3) is 2.88. The number of hydrogen-bond acceptors (Lipinski definition) is 3. The molecule has 0 radical (unpaired) electrons. The van der Waals surface area contributed by atoms with Gasteiger partial charge in [-0.25, -0.2) is 0 Å². The van der Waals surface area contributed by atoms with Crippen molar-refractivity contribution in [1.29, 1.82) is 1.43 Å². The highest BCUT2D eigenvalue weighted by molar-refractivity contribution is 5.75. The van der Waals surface area contributed by atoms with Crippen LogP contribution in [0.3, 0.4) is 0 Å². The van der Waals surface area contributed by atoms with Crippen molar-refractivity contribution in [1.82, 2.24) is 0 Å². The maximum atomic E-state index is 11.3. The van der Waals surface area contributed by atoms with Crippen LogP contribution < -0.4 is 4.74 Å². The highest BCUT2D eigenvalue weighted by atomic mass is 16.5. The van der Waals surface area contributed by atoms with E-state index >= 15 is 0 Å². The number of ether oxygens (including phenoxy) is 1. The molecule has 18 heavy (non-hydrogen) atoms. The first-order valence-corrected chi connectivity index (χ1v) is 5.70. The zero-order valence-corrected chi connectivity index (χ0v) is 10.00. The van der Waals surface area contributed by atoms with Crippen LogP contribution in [0.4, 0.5) is 0 Å². The van der Waals surface area contributed by atoms with Crippen molar-refractivity contribution in [3.63, 3.8) is 0 Å². The Balaban J connectivity index is 2.18. The molecule has 0 saturated heterocycles. The van der Waals surface area contributed by atoms with E-state index in [0.717, 1.165) is 11.3 Å². The lowest BCUT2D eigenvalue weighted by atomic mass is 10.0. The van der Waals surface area contributed by atoms with Crippen molar-refractivity contribution in [3.8, 4) is 11.5 Å². The number of carbonyl (C=O) groups is 1. The Bertz CT molecular complexity index is 554. The van der Waals surface area contributed by atoms with Crippen molar-refractivity contribution in [3.05, 3.63) is 60.2 Å². The second-order valence-electron chi connectivity index (χ2n) is 4.03. The molecule has 0 amide bonds. The summed E-state index contributed by atoms with van der Waals surface area (Å²) in [7, 11) is 0. The van der Waals surface area contributed by atoms with Gasteiger partial charge in [0.1, 0.15) is 11.5 Å². The molecule has 0 aliphatic heterocycles. The molecule has 0 spiro atoms. The third-order valence-corrected chi connectivity index (χ3v) is 2.69. The summed E-state index contributed by atoms with van der Waals surface area (Å²) < 4.78 is 12.3. The number of carboxylic acid groups (broad SMARTS) is 1. The molecule has 92 valence electrons. The van der Waals surface area contributed by atoms with Crippen molar-refractivity contribution in [2.24, 2.45) is 0 Å². The molecular formula is C15H14O3. The molecule has 3 heteroatoms. The Labute approximate surface area is 107 Å². The molecule has 0 fully saturated rings. The summed E-state index contributed by atoms with van der Waals surface area (Å²) in [6, 6.07) is 16.6. The van der Waals surface area contributed by atoms with Gasteiger partial charge in [-0.2, -0.15) is 0 Å². The molecule has 2 aromatic carbocycles. The van der Waals surface area contributed by atoms with Crippen LogP contribution >= 0.6 is 0 Å². The van der Waals surface area contributed by atoms with E-state index in [4.69, 9.17) is 6.17 Å². The number of benzene rings is 2. The molecule has 1 atom stereocenters. The smallest absolute Gasteiger partial charge is 0.310 e. The summed E-state index contributed by atoms with van der Waals surface area (Å²) >= 11 is 0. The zero-order valence-electron chi connectivity index (χ0n) is 11.0. The third-order valence-electron chi connectivity index (χ3n) is 2.69. The van der Waals surface area contributed by atoms with Gasteiger partial charge in [0.25, 0.3) is 1.43 Å². The van der Waals surface area contributed by atoms with Crippen molar-refractivity contribution in [2.45, 2.75) is 12.8 Å². The van der Waals surface area contributed by atoms with E-state index in [1.807, 2.05) is 36.4 Å². The number of hydrogen-bond donors (Lipinski definition) is 1. The van der Waals surface area contributed by atoms with Gasteiger partial charge in [-0.15, -0.1) is 0 Å². The molecule has 0 saturated carbocycles. The minimum atomic E-state index is -0.586. The van der Waals surface area contributed by atoms with Gasteiger partial charge in [0.2, 0.25) is 0 Å². The van der Waals surface area contributed by atoms with E-state index in [9.17, 15) is 4.79 Å². The van der Waals surface area contributed by atoms with Crippen LogP contribution in [0.2, 0.25) is 0 Å². The van der Waals surface area contributed by atoms with Crippen molar-refractivity contribution >= 4 is 5.97 Å². The summed E-state index contributed by atoms with van der Waals surface area (Å²) in [5.74, 6) is 0.303. The normalized spacial score (nSPS) is 12.4. The monoisotopic (exact) mass is 243 g/mol. The maximum absolute atomic E-state index is 11.3. The fourth-order valence-corrected chi connectivity index (χ4v) is 1.61. The van der Waals surface area contributed by atoms with E-state index in [-0.39, 0.29) is 0 Å². The fourth-order valence-electron chi connectivity index (χ4n) is 1.61. The maximum Gasteiger partial charge on any atom is 0.310 e. The molecule has 0 aromatic heterocycles. The highest BCUT2D eigenvalue weighted by Gasteiger charge is 2.13. The minimum absolute atomic E-state index is 0.489. The Morgan fingerprint density at radius 2 is 1.89 bits per heavy atom. The molecule has 0 heterocycles. The quantitative estimate of drug-likeness (QED) is 0.891. The largest absolute Gasteiger partial charge is 0.481 e. The number of carboxylic acids is 1. The van der Waals surface area contributed by atoms with Crippen LogP contribution in [0.5, 0.6) is 11.5 Å². The molecule has 0 aliphatic rings. The lowest BCUT2D eigenvalue weighted by Crippen LogP contribution is -2.07. The Morgan fingerprint density at radius 3 is 2.61 bits per heavy atom. The first-order valence-electron chi connectivity index (χ1n) is 6.11. The number of rotatable bonds is 4. The lowest BCUT2D eigenvalue weighted by molar-refractivity contribution is -0.138. The second-order valence-corrected chi connectivity index (χ2v) is 4.03. The summed E-state index contributed by atoms with van der Waals surface area (Å²) in [5, 5.41) is 3.99. The molecule has 1 N–H and O–H groups in total. The van der Waals surface area contributed by atoms with E-state index in [2.05, 4.69) is 5.11 Å². The summed E-state index contributed by atoms with van der Waals surface area (Å²) in [6.07, 6.45) is 0. The standard InChI is InChI=1S/C15H14O3/c1-11(15(16)17)12-6-5-9-14(10-12)18-13-7-3-2-4-8-13/h2-11H,1H3,(H,16,17)/i/hD. The summed E-state index contributed by atoms with van der Waals surface area (Å²) in [6.45, 7) is 1.69. The van der Waals surface area contributed by atoms with E-state index in [1.165, 1.54) is 0 Å². The van der Waals surface area contributed by atoms with Crippen LogP contribution in [0.25, 0.3) is 1.43 Å². The van der Waals surface area contributed by atoms with Crippen LogP contribution in [0.1, 0.15) is 18.4 Å². The average molecular weight is 243 g/mol. The Hall–Kier alpha value is -2.29. The van der Waals surface area contributed by atoms with Gasteiger partial charge >= 0.3 is 5.97 Å². The fraction of sp³-hybridized carbons (Fsp3) is 0.133. The molecule has 0 aliphatic carbocycles. The van der Waals surface area contributed by atoms with Gasteiger partial charge in [0.05, 0.1) is 5.92 Å². The molecular weight excluding hydrogens is 228 g/mol. The molecule has 1 unspecified atom stereocenters. The average Bonchev–Trinajstić information content (AvgIpc) is 2.47. The van der Waals surface area contributed by atoms with E-state index in [0.29, 0.717) is 5.75 Å². The second kappa shape index (κ2) is 5.36.